The molecule has 0 aromatic heterocycles. The molecule has 0 saturated carbocycles. The fraction of sp³-hybridized carbons (Fsp3) is 0.941. The first-order valence-corrected chi connectivity index (χ1v) is 8.93. The summed E-state index contributed by atoms with van der Waals surface area (Å²) in [6.07, 6.45) is 6.22. The maximum atomic E-state index is 11.8. The molecule has 1 heterocycles. The predicted octanol–water partition coefficient (Wildman–Crippen LogP) is 3.23. The fourth-order valence-corrected chi connectivity index (χ4v) is 3.52. The monoisotopic (exact) mass is 297 g/mol. The minimum atomic E-state index is 0.116. The number of rotatable bonds is 11. The lowest BCUT2D eigenvalue weighted by molar-refractivity contribution is 0.175. The zero-order chi connectivity index (χ0) is 15.7. The number of carbonyl (C=O) groups excluding carboxylic acids is 1. The molecule has 124 valence electrons. The normalized spacial score (nSPS) is 19.4. The average molecular weight is 297 g/mol. The Kier molecular flexibility index (Phi) is 8.74. The van der Waals surface area contributed by atoms with Crippen molar-refractivity contribution in [3.63, 3.8) is 0 Å². The molecule has 3 unspecified atom stereocenters. The van der Waals surface area contributed by atoms with Gasteiger partial charge in [-0.2, -0.15) is 0 Å². The second-order valence-corrected chi connectivity index (χ2v) is 6.24. The van der Waals surface area contributed by atoms with Crippen molar-refractivity contribution >= 4 is 6.03 Å². The highest BCUT2D eigenvalue weighted by atomic mass is 16.2. The van der Waals surface area contributed by atoms with E-state index < -0.39 is 0 Å². The smallest absolute Gasteiger partial charge is 0.317 e. The molecule has 2 N–H and O–H groups in total. The lowest BCUT2D eigenvalue weighted by atomic mass is 9.81. The first-order valence-electron chi connectivity index (χ1n) is 8.93. The Balaban J connectivity index is 2.70. The van der Waals surface area contributed by atoms with E-state index in [9.17, 15) is 4.79 Å². The number of unbranched alkanes of at least 4 members (excludes halogenated alkanes) is 1. The SMILES string of the molecule is CCCCC(CC)C(NCC)C(CC)CN1CCNC1=O. The molecular weight excluding hydrogens is 262 g/mol. The zero-order valence-corrected chi connectivity index (χ0v) is 14.5. The van der Waals surface area contributed by atoms with Crippen molar-refractivity contribution in [3.05, 3.63) is 0 Å². The summed E-state index contributed by atoms with van der Waals surface area (Å²) in [5.41, 5.74) is 0. The molecule has 0 aromatic rings. The Morgan fingerprint density at radius 3 is 2.38 bits per heavy atom. The molecule has 1 rings (SSSR count). The third kappa shape index (κ3) is 5.50. The number of amides is 2. The van der Waals surface area contributed by atoms with Crippen molar-refractivity contribution in [2.45, 2.75) is 65.8 Å². The third-order valence-corrected chi connectivity index (χ3v) is 4.83. The molecule has 0 bridgehead atoms. The molecule has 1 aliphatic heterocycles. The van der Waals surface area contributed by atoms with Gasteiger partial charge in [-0.1, -0.05) is 53.4 Å². The van der Waals surface area contributed by atoms with E-state index >= 15 is 0 Å². The van der Waals surface area contributed by atoms with Crippen LogP contribution in [0.3, 0.4) is 0 Å². The Bertz CT molecular complexity index is 296. The Morgan fingerprint density at radius 1 is 1.19 bits per heavy atom. The Morgan fingerprint density at radius 2 is 1.90 bits per heavy atom. The highest BCUT2D eigenvalue weighted by Gasteiger charge is 2.30. The standard InChI is InChI=1S/C17H35N3O/c1-5-9-10-14(6-2)16(18-8-4)15(7-3)13-20-12-11-19-17(20)21/h14-16,18H,5-13H2,1-4H3,(H,19,21). The largest absolute Gasteiger partial charge is 0.336 e. The van der Waals surface area contributed by atoms with Gasteiger partial charge in [0.25, 0.3) is 0 Å². The Hall–Kier alpha value is -0.770. The molecular formula is C17H35N3O. The van der Waals surface area contributed by atoms with Gasteiger partial charge in [-0.25, -0.2) is 4.79 Å². The molecule has 2 amide bonds. The molecule has 0 aliphatic carbocycles. The second kappa shape index (κ2) is 10.0. The van der Waals surface area contributed by atoms with Crippen molar-refractivity contribution in [3.8, 4) is 0 Å². The average Bonchev–Trinajstić information content (AvgIpc) is 2.89. The topological polar surface area (TPSA) is 44.4 Å². The summed E-state index contributed by atoms with van der Waals surface area (Å²) in [7, 11) is 0. The maximum absolute atomic E-state index is 11.8. The van der Waals surface area contributed by atoms with E-state index in [2.05, 4.69) is 38.3 Å². The summed E-state index contributed by atoms with van der Waals surface area (Å²) in [4.78, 5) is 13.8. The van der Waals surface area contributed by atoms with Gasteiger partial charge in [-0.05, 0) is 24.8 Å². The molecule has 3 atom stereocenters. The number of hydrogen-bond donors (Lipinski definition) is 2. The van der Waals surface area contributed by atoms with Gasteiger partial charge in [0.1, 0.15) is 0 Å². The van der Waals surface area contributed by atoms with Crippen molar-refractivity contribution < 1.29 is 4.79 Å². The lowest BCUT2D eigenvalue weighted by Gasteiger charge is -2.35. The van der Waals surface area contributed by atoms with Crippen molar-refractivity contribution in [2.24, 2.45) is 11.8 Å². The number of hydrogen-bond acceptors (Lipinski definition) is 2. The molecule has 4 heteroatoms. The van der Waals surface area contributed by atoms with E-state index in [0.29, 0.717) is 12.0 Å². The number of nitrogens with zero attached hydrogens (tertiary/aromatic N) is 1. The van der Waals surface area contributed by atoms with Crippen LogP contribution in [0.1, 0.15) is 59.8 Å². The first-order chi connectivity index (χ1) is 10.2. The van der Waals surface area contributed by atoms with Crippen molar-refractivity contribution in [1.82, 2.24) is 15.5 Å². The van der Waals surface area contributed by atoms with Gasteiger partial charge in [-0.3, -0.25) is 0 Å². The molecule has 0 spiro atoms. The van der Waals surface area contributed by atoms with Gasteiger partial charge in [0, 0.05) is 25.7 Å². The van der Waals surface area contributed by atoms with Crippen LogP contribution in [-0.2, 0) is 0 Å². The van der Waals surface area contributed by atoms with Crippen molar-refractivity contribution in [2.75, 3.05) is 26.2 Å². The molecule has 0 aromatic carbocycles. The van der Waals surface area contributed by atoms with Crippen molar-refractivity contribution in [1.29, 1.82) is 0 Å². The second-order valence-electron chi connectivity index (χ2n) is 6.24. The molecule has 4 nitrogen and oxygen atoms in total. The number of carbonyl (C=O) groups is 1. The Labute approximate surface area is 131 Å². The van der Waals surface area contributed by atoms with E-state index in [1.807, 2.05) is 4.90 Å². The molecule has 21 heavy (non-hydrogen) atoms. The summed E-state index contributed by atoms with van der Waals surface area (Å²) >= 11 is 0. The van der Waals surface area contributed by atoms with Crippen LogP contribution in [0.25, 0.3) is 0 Å². The van der Waals surface area contributed by atoms with Gasteiger partial charge < -0.3 is 15.5 Å². The van der Waals surface area contributed by atoms with Gasteiger partial charge in [0.05, 0.1) is 0 Å². The molecule has 1 aliphatic rings. The lowest BCUT2D eigenvalue weighted by Crippen LogP contribution is -2.47. The molecule has 1 saturated heterocycles. The quantitative estimate of drug-likeness (QED) is 0.615. The van der Waals surface area contributed by atoms with E-state index in [1.54, 1.807) is 0 Å². The minimum Gasteiger partial charge on any atom is -0.336 e. The van der Waals surface area contributed by atoms with Crippen LogP contribution in [-0.4, -0.2) is 43.2 Å². The summed E-state index contributed by atoms with van der Waals surface area (Å²) in [5.74, 6) is 1.27. The zero-order valence-electron chi connectivity index (χ0n) is 14.5. The van der Waals surface area contributed by atoms with Gasteiger partial charge in [0.15, 0.2) is 0 Å². The predicted molar refractivity (Wildman–Crippen MR) is 89.5 cm³/mol. The maximum Gasteiger partial charge on any atom is 0.317 e. The summed E-state index contributed by atoms with van der Waals surface area (Å²) < 4.78 is 0. The number of urea groups is 1. The molecule has 0 radical (unpaired) electrons. The van der Waals surface area contributed by atoms with Gasteiger partial charge in [0.2, 0.25) is 0 Å². The van der Waals surface area contributed by atoms with Crippen LogP contribution in [0.2, 0.25) is 0 Å². The molecule has 1 fully saturated rings. The van der Waals surface area contributed by atoms with Crippen LogP contribution in [0.4, 0.5) is 4.79 Å². The summed E-state index contributed by atoms with van der Waals surface area (Å²) in [6.45, 7) is 12.6. The van der Waals surface area contributed by atoms with Gasteiger partial charge >= 0.3 is 6.03 Å². The van der Waals surface area contributed by atoms with E-state index in [4.69, 9.17) is 0 Å². The highest BCUT2D eigenvalue weighted by Crippen LogP contribution is 2.25. The highest BCUT2D eigenvalue weighted by molar-refractivity contribution is 5.76. The van der Waals surface area contributed by atoms with E-state index in [0.717, 1.165) is 38.5 Å². The van der Waals surface area contributed by atoms with Crippen LogP contribution < -0.4 is 10.6 Å². The van der Waals surface area contributed by atoms with E-state index in [1.165, 1.54) is 25.7 Å². The first kappa shape index (κ1) is 18.3. The summed E-state index contributed by atoms with van der Waals surface area (Å²) in [5, 5.41) is 6.64. The number of nitrogens with one attached hydrogen (secondary N) is 2. The van der Waals surface area contributed by atoms with Crippen LogP contribution in [0.15, 0.2) is 0 Å². The van der Waals surface area contributed by atoms with Gasteiger partial charge in [-0.15, -0.1) is 0 Å². The minimum absolute atomic E-state index is 0.116. The fourth-order valence-electron chi connectivity index (χ4n) is 3.52. The van der Waals surface area contributed by atoms with E-state index in [-0.39, 0.29) is 6.03 Å². The van der Waals surface area contributed by atoms with Crippen LogP contribution >= 0.6 is 0 Å². The van der Waals surface area contributed by atoms with Crippen LogP contribution in [0, 0.1) is 11.8 Å². The summed E-state index contributed by atoms with van der Waals surface area (Å²) in [6, 6.07) is 0.648. The third-order valence-electron chi connectivity index (χ3n) is 4.83. The van der Waals surface area contributed by atoms with Crippen LogP contribution in [0.5, 0.6) is 0 Å².